The number of halogens is 2. The number of anilines is 1. The fourth-order valence-corrected chi connectivity index (χ4v) is 3.73. The van der Waals surface area contributed by atoms with Gasteiger partial charge in [-0.3, -0.25) is 9.67 Å². The van der Waals surface area contributed by atoms with Crippen molar-refractivity contribution in [3.8, 4) is 22.6 Å². The summed E-state index contributed by atoms with van der Waals surface area (Å²) in [4.78, 5) is 15.5. The molecule has 158 valence electrons. The largest absolute Gasteiger partial charge is 0.377 e. The molecule has 1 aliphatic rings. The summed E-state index contributed by atoms with van der Waals surface area (Å²) in [6.07, 6.45) is -1.26. The molecule has 0 saturated carbocycles. The standard InChI is InChI=1S/C21H24F2N6O/c1-12-11-30-8-7-29(12)18-10-16(15-5-6-24-17(9-15)20(22)23)25-21(26-18)19-13(2)27-28(4)14(19)3/h5-6,9-10,12,20H,7-8,11H2,1-4H3. The predicted molar refractivity (Wildman–Crippen MR) is 110 cm³/mol. The Morgan fingerprint density at radius 3 is 2.67 bits per heavy atom. The number of aromatic nitrogens is 5. The van der Waals surface area contributed by atoms with Crippen LogP contribution in [0.1, 0.15) is 30.4 Å². The Hall–Kier alpha value is -2.94. The molecule has 0 spiro atoms. The van der Waals surface area contributed by atoms with Gasteiger partial charge in [0.05, 0.1) is 36.2 Å². The van der Waals surface area contributed by atoms with E-state index in [0.717, 1.165) is 22.8 Å². The average Bonchev–Trinajstić information content (AvgIpc) is 2.99. The second-order valence-corrected chi connectivity index (χ2v) is 7.49. The molecule has 1 unspecified atom stereocenters. The van der Waals surface area contributed by atoms with E-state index in [1.54, 1.807) is 10.7 Å². The first kappa shape index (κ1) is 20.3. The van der Waals surface area contributed by atoms with Gasteiger partial charge in [-0.2, -0.15) is 5.10 Å². The minimum atomic E-state index is -2.65. The van der Waals surface area contributed by atoms with Gasteiger partial charge in [-0.05, 0) is 32.9 Å². The van der Waals surface area contributed by atoms with Crippen molar-refractivity contribution in [3.63, 3.8) is 0 Å². The summed E-state index contributed by atoms with van der Waals surface area (Å²) in [6, 6.07) is 5.05. The van der Waals surface area contributed by atoms with E-state index in [-0.39, 0.29) is 11.7 Å². The van der Waals surface area contributed by atoms with Crippen LogP contribution in [0.5, 0.6) is 0 Å². The quantitative estimate of drug-likeness (QED) is 0.648. The normalized spacial score (nSPS) is 17.0. The average molecular weight is 414 g/mol. The number of morpholine rings is 1. The molecule has 3 aromatic heterocycles. The number of hydrogen-bond acceptors (Lipinski definition) is 6. The third kappa shape index (κ3) is 3.77. The topological polar surface area (TPSA) is 69.0 Å². The van der Waals surface area contributed by atoms with Crippen molar-refractivity contribution in [2.45, 2.75) is 33.2 Å². The molecular weight excluding hydrogens is 390 g/mol. The molecule has 30 heavy (non-hydrogen) atoms. The monoisotopic (exact) mass is 414 g/mol. The number of ether oxygens (including phenoxy) is 1. The van der Waals surface area contributed by atoms with Crippen molar-refractivity contribution in [2.75, 3.05) is 24.7 Å². The number of alkyl halides is 2. The van der Waals surface area contributed by atoms with Crippen LogP contribution >= 0.6 is 0 Å². The molecule has 0 amide bonds. The van der Waals surface area contributed by atoms with Crippen LogP contribution in [-0.4, -0.2) is 50.5 Å². The van der Waals surface area contributed by atoms with Gasteiger partial charge in [0.15, 0.2) is 5.82 Å². The van der Waals surface area contributed by atoms with E-state index >= 15 is 0 Å². The molecule has 0 aliphatic carbocycles. The summed E-state index contributed by atoms with van der Waals surface area (Å²) in [5.74, 6) is 1.27. The first-order valence-electron chi connectivity index (χ1n) is 9.83. The fraction of sp³-hybridized carbons (Fsp3) is 0.429. The second kappa shape index (κ2) is 8.06. The zero-order valence-electron chi connectivity index (χ0n) is 17.4. The molecule has 1 atom stereocenters. The van der Waals surface area contributed by atoms with Crippen LogP contribution < -0.4 is 4.90 Å². The molecule has 7 nitrogen and oxygen atoms in total. The lowest BCUT2D eigenvalue weighted by molar-refractivity contribution is 0.0985. The Morgan fingerprint density at radius 1 is 1.20 bits per heavy atom. The van der Waals surface area contributed by atoms with Crippen LogP contribution in [0.4, 0.5) is 14.6 Å². The lowest BCUT2D eigenvalue weighted by Gasteiger charge is -2.34. The third-order valence-electron chi connectivity index (χ3n) is 5.41. The highest BCUT2D eigenvalue weighted by molar-refractivity contribution is 5.70. The van der Waals surface area contributed by atoms with Gasteiger partial charge in [-0.25, -0.2) is 18.7 Å². The van der Waals surface area contributed by atoms with Gasteiger partial charge in [0.25, 0.3) is 6.43 Å². The van der Waals surface area contributed by atoms with Crippen LogP contribution in [-0.2, 0) is 11.8 Å². The highest BCUT2D eigenvalue weighted by atomic mass is 19.3. The lowest BCUT2D eigenvalue weighted by atomic mass is 10.1. The van der Waals surface area contributed by atoms with E-state index in [2.05, 4.69) is 21.9 Å². The Bertz CT molecular complexity index is 1070. The summed E-state index contributed by atoms with van der Waals surface area (Å²) < 4.78 is 33.8. The molecule has 4 rings (SSSR count). The van der Waals surface area contributed by atoms with Gasteiger partial charge in [-0.1, -0.05) is 0 Å². The van der Waals surface area contributed by atoms with Crippen molar-refractivity contribution < 1.29 is 13.5 Å². The first-order valence-corrected chi connectivity index (χ1v) is 9.83. The molecule has 0 bridgehead atoms. The van der Waals surface area contributed by atoms with E-state index in [4.69, 9.17) is 14.7 Å². The Morgan fingerprint density at radius 2 is 2.00 bits per heavy atom. The molecule has 1 aliphatic heterocycles. The molecule has 3 aromatic rings. The number of pyridine rings is 1. The molecule has 0 N–H and O–H groups in total. The predicted octanol–water partition coefficient (Wildman–Crippen LogP) is 3.72. The second-order valence-electron chi connectivity index (χ2n) is 7.49. The van der Waals surface area contributed by atoms with Gasteiger partial charge in [0, 0.05) is 37.1 Å². The molecule has 9 heteroatoms. The maximum atomic E-state index is 13.2. The molecule has 0 radical (unpaired) electrons. The molecule has 4 heterocycles. The fourth-order valence-electron chi connectivity index (χ4n) is 3.73. The SMILES string of the molecule is Cc1nn(C)c(C)c1-c1nc(-c2ccnc(C(F)F)c2)cc(N2CCOCC2C)n1. The van der Waals surface area contributed by atoms with Crippen LogP contribution in [0.25, 0.3) is 22.6 Å². The van der Waals surface area contributed by atoms with Crippen molar-refractivity contribution in [2.24, 2.45) is 7.05 Å². The molecule has 0 aromatic carbocycles. The summed E-state index contributed by atoms with van der Waals surface area (Å²) >= 11 is 0. The molecule has 1 fully saturated rings. The van der Waals surface area contributed by atoms with Gasteiger partial charge in [-0.15, -0.1) is 0 Å². The van der Waals surface area contributed by atoms with Gasteiger partial charge >= 0.3 is 0 Å². The maximum Gasteiger partial charge on any atom is 0.280 e. The van der Waals surface area contributed by atoms with Gasteiger partial charge < -0.3 is 9.64 Å². The van der Waals surface area contributed by atoms with Crippen LogP contribution in [0.3, 0.4) is 0 Å². The minimum Gasteiger partial charge on any atom is -0.377 e. The lowest BCUT2D eigenvalue weighted by Crippen LogP contribution is -2.44. The number of nitrogens with zero attached hydrogens (tertiary/aromatic N) is 6. The number of rotatable bonds is 4. The minimum absolute atomic E-state index is 0.138. The summed E-state index contributed by atoms with van der Waals surface area (Å²) in [5, 5.41) is 4.48. The Kier molecular flexibility index (Phi) is 5.46. The van der Waals surface area contributed by atoms with E-state index in [9.17, 15) is 8.78 Å². The highest BCUT2D eigenvalue weighted by Gasteiger charge is 2.24. The van der Waals surface area contributed by atoms with E-state index in [1.807, 2.05) is 27.0 Å². The van der Waals surface area contributed by atoms with E-state index in [0.29, 0.717) is 36.8 Å². The summed E-state index contributed by atoms with van der Waals surface area (Å²) in [5.41, 5.74) is 3.48. The summed E-state index contributed by atoms with van der Waals surface area (Å²) in [7, 11) is 1.87. The Balaban J connectivity index is 1.89. The first-order chi connectivity index (χ1) is 14.3. The zero-order valence-corrected chi connectivity index (χ0v) is 17.4. The van der Waals surface area contributed by atoms with Crippen molar-refractivity contribution in [1.82, 2.24) is 24.7 Å². The van der Waals surface area contributed by atoms with Crippen molar-refractivity contribution >= 4 is 5.82 Å². The van der Waals surface area contributed by atoms with Crippen LogP contribution in [0.15, 0.2) is 24.4 Å². The Labute approximate surface area is 173 Å². The smallest absolute Gasteiger partial charge is 0.280 e. The van der Waals surface area contributed by atoms with E-state index < -0.39 is 6.43 Å². The number of hydrogen-bond donors (Lipinski definition) is 0. The van der Waals surface area contributed by atoms with Crippen LogP contribution in [0, 0.1) is 13.8 Å². The van der Waals surface area contributed by atoms with E-state index in [1.165, 1.54) is 12.3 Å². The highest BCUT2D eigenvalue weighted by Crippen LogP contribution is 2.31. The molecule has 1 saturated heterocycles. The van der Waals surface area contributed by atoms with Crippen molar-refractivity contribution in [3.05, 3.63) is 41.5 Å². The van der Waals surface area contributed by atoms with Crippen molar-refractivity contribution in [1.29, 1.82) is 0 Å². The summed E-state index contributed by atoms with van der Waals surface area (Å²) in [6.45, 7) is 7.85. The third-order valence-corrected chi connectivity index (χ3v) is 5.41. The van der Waals surface area contributed by atoms with Gasteiger partial charge in [0.2, 0.25) is 0 Å². The molecular formula is C21H24F2N6O. The zero-order chi connectivity index (χ0) is 21.4. The number of aryl methyl sites for hydroxylation is 2. The van der Waals surface area contributed by atoms with Gasteiger partial charge in [0.1, 0.15) is 11.5 Å². The van der Waals surface area contributed by atoms with Crippen LogP contribution in [0.2, 0.25) is 0 Å². The maximum absolute atomic E-state index is 13.2.